The van der Waals surface area contributed by atoms with Gasteiger partial charge in [0.1, 0.15) is 0 Å². The van der Waals surface area contributed by atoms with Gasteiger partial charge in [0, 0.05) is 31.1 Å². The summed E-state index contributed by atoms with van der Waals surface area (Å²) in [7, 11) is -3.24. The summed E-state index contributed by atoms with van der Waals surface area (Å²) in [6, 6.07) is 12.5. The van der Waals surface area contributed by atoms with Gasteiger partial charge in [0.25, 0.3) is 5.91 Å². The van der Waals surface area contributed by atoms with Crippen molar-refractivity contribution in [2.24, 2.45) is 5.92 Å². The quantitative estimate of drug-likeness (QED) is 0.446. The third-order valence-corrected chi connectivity index (χ3v) is 8.46. The molecule has 0 aliphatic carbocycles. The van der Waals surface area contributed by atoms with Crippen LogP contribution in [-0.2, 0) is 22.9 Å². The van der Waals surface area contributed by atoms with Crippen LogP contribution in [0.5, 0.6) is 5.75 Å². The number of aromatic nitrogens is 2. The number of rotatable bonds is 9. The molecule has 37 heavy (non-hydrogen) atoms. The summed E-state index contributed by atoms with van der Waals surface area (Å²) in [5.74, 6) is 1.86. The average molecular weight is 523 g/mol. The lowest BCUT2D eigenvalue weighted by Crippen LogP contribution is -2.37. The number of carbonyl (C=O) groups excluding carboxylic acids is 1. The normalized spacial score (nSPS) is 15.4. The zero-order valence-corrected chi connectivity index (χ0v) is 22.6. The number of benzene rings is 2. The van der Waals surface area contributed by atoms with Crippen molar-refractivity contribution in [3.05, 3.63) is 77.1 Å². The maximum absolute atomic E-state index is 13.0. The van der Waals surface area contributed by atoms with E-state index >= 15 is 0 Å². The monoisotopic (exact) mass is 522 g/mol. The minimum Gasteiger partial charge on any atom is -0.491 e. The van der Waals surface area contributed by atoms with Crippen molar-refractivity contribution in [3.8, 4) is 5.75 Å². The van der Waals surface area contributed by atoms with Crippen LogP contribution in [0.3, 0.4) is 0 Å². The molecular formula is C28H34N4O4S. The largest absolute Gasteiger partial charge is 0.491 e. The molecule has 0 saturated carbocycles. The van der Waals surface area contributed by atoms with Crippen molar-refractivity contribution in [3.63, 3.8) is 0 Å². The van der Waals surface area contributed by atoms with Crippen molar-refractivity contribution in [1.29, 1.82) is 0 Å². The summed E-state index contributed by atoms with van der Waals surface area (Å²) in [6.07, 6.45) is 3.39. The highest BCUT2D eigenvalue weighted by atomic mass is 32.2. The minimum atomic E-state index is -3.24. The zero-order chi connectivity index (χ0) is 26.6. The highest BCUT2D eigenvalue weighted by Gasteiger charge is 2.29. The van der Waals surface area contributed by atoms with E-state index in [-0.39, 0.29) is 17.6 Å². The lowest BCUT2D eigenvalue weighted by molar-refractivity contribution is 0.0950. The van der Waals surface area contributed by atoms with Crippen molar-refractivity contribution in [1.82, 2.24) is 15.3 Å². The van der Waals surface area contributed by atoms with Crippen LogP contribution in [0, 0.1) is 5.92 Å². The van der Waals surface area contributed by atoms with Crippen LogP contribution in [0.1, 0.15) is 60.7 Å². The van der Waals surface area contributed by atoms with E-state index in [4.69, 9.17) is 4.74 Å². The van der Waals surface area contributed by atoms with E-state index in [2.05, 4.69) is 40.1 Å². The summed E-state index contributed by atoms with van der Waals surface area (Å²) < 4.78 is 29.5. The zero-order valence-electron chi connectivity index (χ0n) is 21.8. The van der Waals surface area contributed by atoms with Crippen LogP contribution in [0.2, 0.25) is 0 Å². The van der Waals surface area contributed by atoms with E-state index < -0.39 is 9.84 Å². The summed E-state index contributed by atoms with van der Waals surface area (Å²) in [4.78, 5) is 24.4. The molecule has 4 rings (SSSR count). The summed E-state index contributed by atoms with van der Waals surface area (Å²) in [6.45, 7) is 10.2. The lowest BCUT2D eigenvalue weighted by Gasteiger charge is -2.37. The number of nitrogens with zero attached hydrogens (tertiary/aromatic N) is 3. The topological polar surface area (TPSA) is 101 Å². The summed E-state index contributed by atoms with van der Waals surface area (Å²) in [5.41, 5.74) is 3.76. The van der Waals surface area contributed by atoms with Crippen LogP contribution < -0.4 is 15.0 Å². The predicted molar refractivity (Wildman–Crippen MR) is 144 cm³/mol. The third kappa shape index (κ3) is 6.10. The van der Waals surface area contributed by atoms with Crippen molar-refractivity contribution < 1.29 is 17.9 Å². The Kier molecular flexibility index (Phi) is 8.12. The van der Waals surface area contributed by atoms with E-state index in [0.717, 1.165) is 17.7 Å². The van der Waals surface area contributed by atoms with Gasteiger partial charge < -0.3 is 15.0 Å². The van der Waals surface area contributed by atoms with Gasteiger partial charge in [0.05, 0.1) is 29.6 Å². The predicted octanol–water partition coefficient (Wildman–Crippen LogP) is 4.36. The minimum absolute atomic E-state index is 0.0568. The molecule has 9 heteroatoms. The number of nitrogens with one attached hydrogen (secondary N) is 1. The van der Waals surface area contributed by atoms with E-state index in [9.17, 15) is 13.2 Å². The van der Waals surface area contributed by atoms with Gasteiger partial charge in [-0.25, -0.2) is 18.4 Å². The first-order valence-electron chi connectivity index (χ1n) is 12.6. The molecule has 8 nitrogen and oxygen atoms in total. The number of carbonyl (C=O) groups is 1. The number of hydrogen-bond donors (Lipinski definition) is 1. The van der Waals surface area contributed by atoms with Gasteiger partial charge in [-0.2, -0.15) is 0 Å². The van der Waals surface area contributed by atoms with E-state index in [1.54, 1.807) is 43.6 Å². The molecule has 2 heterocycles. The molecule has 3 aromatic rings. The van der Waals surface area contributed by atoms with Crippen LogP contribution >= 0.6 is 0 Å². The average Bonchev–Trinajstić information content (AvgIpc) is 2.91. The van der Waals surface area contributed by atoms with Crippen molar-refractivity contribution in [2.45, 2.75) is 51.6 Å². The Bertz CT molecular complexity index is 1340. The van der Waals surface area contributed by atoms with Crippen molar-refractivity contribution >= 4 is 21.7 Å². The van der Waals surface area contributed by atoms with Gasteiger partial charge in [0.15, 0.2) is 15.6 Å². The Morgan fingerprint density at radius 1 is 1.11 bits per heavy atom. The van der Waals surface area contributed by atoms with Crippen molar-refractivity contribution in [2.75, 3.05) is 23.8 Å². The molecule has 0 saturated heterocycles. The first-order chi connectivity index (χ1) is 17.7. The molecule has 1 aliphatic rings. The number of amides is 1. The Labute approximate surface area is 219 Å². The van der Waals surface area contributed by atoms with E-state index in [1.807, 2.05) is 19.1 Å². The SMILES string of the molecule is CCOc1cnc(N2Cc3cc(C(=O)NCc4ccc(S(=O)(=O)CC)cc4)ccc3[C@@H](C(C)C)C2)nc1. The highest BCUT2D eigenvalue weighted by molar-refractivity contribution is 7.91. The molecule has 2 aromatic carbocycles. The van der Waals surface area contributed by atoms with Crippen LogP contribution in [0.4, 0.5) is 5.95 Å². The molecule has 1 atom stereocenters. The molecule has 1 aromatic heterocycles. The Balaban J connectivity index is 1.49. The number of hydrogen-bond acceptors (Lipinski definition) is 7. The number of fused-ring (bicyclic) bond motifs is 1. The van der Waals surface area contributed by atoms with Gasteiger partial charge in [-0.3, -0.25) is 4.79 Å². The lowest BCUT2D eigenvalue weighted by atomic mass is 9.82. The first-order valence-corrected chi connectivity index (χ1v) is 14.3. The number of ether oxygens (including phenoxy) is 1. The van der Waals surface area contributed by atoms with Gasteiger partial charge in [0.2, 0.25) is 5.95 Å². The number of sulfone groups is 1. The second-order valence-corrected chi connectivity index (χ2v) is 11.8. The summed E-state index contributed by atoms with van der Waals surface area (Å²) in [5, 5.41) is 2.95. The molecule has 0 bridgehead atoms. The van der Waals surface area contributed by atoms with Gasteiger partial charge in [-0.1, -0.05) is 39.0 Å². The molecule has 0 fully saturated rings. The fourth-order valence-corrected chi connectivity index (χ4v) is 5.44. The highest BCUT2D eigenvalue weighted by Crippen LogP contribution is 2.35. The maximum Gasteiger partial charge on any atom is 0.251 e. The van der Waals surface area contributed by atoms with Gasteiger partial charge >= 0.3 is 0 Å². The molecule has 0 radical (unpaired) electrons. The fourth-order valence-electron chi connectivity index (χ4n) is 4.55. The second-order valence-electron chi connectivity index (χ2n) is 9.53. The fraction of sp³-hybridized carbons (Fsp3) is 0.393. The molecule has 196 valence electrons. The van der Waals surface area contributed by atoms with E-state index in [0.29, 0.717) is 47.8 Å². The maximum atomic E-state index is 13.0. The Hall–Kier alpha value is -3.46. The van der Waals surface area contributed by atoms with Crippen LogP contribution in [0.25, 0.3) is 0 Å². The first kappa shape index (κ1) is 26.6. The smallest absolute Gasteiger partial charge is 0.251 e. The molecule has 0 spiro atoms. The number of anilines is 1. The molecule has 1 amide bonds. The Morgan fingerprint density at radius 2 is 1.81 bits per heavy atom. The molecular weight excluding hydrogens is 488 g/mol. The molecule has 1 N–H and O–H groups in total. The summed E-state index contributed by atoms with van der Waals surface area (Å²) >= 11 is 0. The van der Waals surface area contributed by atoms with Crippen LogP contribution in [0.15, 0.2) is 59.8 Å². The standard InChI is InChI=1S/C28H34N4O4S/c1-5-36-23-15-30-28(31-16-23)32-17-22-13-21(9-12-25(22)26(18-32)19(3)4)27(33)29-14-20-7-10-24(11-8-20)37(34,35)6-2/h7-13,15-16,19,26H,5-6,14,17-18H2,1-4H3,(H,29,33)/t26-/m1/s1. The van der Waals surface area contributed by atoms with Gasteiger partial charge in [-0.05, 0) is 53.8 Å². The second kappa shape index (κ2) is 11.3. The molecule has 1 aliphatic heterocycles. The van der Waals surface area contributed by atoms with Gasteiger partial charge in [-0.15, -0.1) is 0 Å². The van der Waals surface area contributed by atoms with E-state index in [1.165, 1.54) is 5.56 Å². The third-order valence-electron chi connectivity index (χ3n) is 6.71. The Morgan fingerprint density at radius 3 is 2.43 bits per heavy atom. The van der Waals surface area contributed by atoms with Crippen LogP contribution in [-0.4, -0.2) is 43.2 Å². The molecule has 0 unspecified atom stereocenters.